The van der Waals surface area contributed by atoms with Gasteiger partial charge in [-0.15, -0.1) is 4.91 Å². The van der Waals surface area contributed by atoms with E-state index in [0.717, 1.165) is 39.3 Å². The minimum Gasteiger partial charge on any atom is -0.376 e. The Morgan fingerprint density at radius 1 is 1.15 bits per heavy atom. The first-order valence-electron chi connectivity index (χ1n) is 7.55. The molecule has 0 amide bonds. The molecule has 0 radical (unpaired) electrons. The van der Waals surface area contributed by atoms with Crippen molar-refractivity contribution in [1.29, 1.82) is 0 Å². The van der Waals surface area contributed by atoms with Gasteiger partial charge in [0.1, 0.15) is 18.3 Å². The molecule has 2 fully saturated rings. The van der Waals surface area contributed by atoms with Crippen LogP contribution >= 0.6 is 0 Å². The van der Waals surface area contributed by atoms with Crippen molar-refractivity contribution in [2.24, 2.45) is 5.34 Å². The molecular weight excluding hydrogens is 262 g/mol. The molecule has 0 aromatic rings. The van der Waals surface area contributed by atoms with Crippen LogP contribution in [-0.4, -0.2) is 44.7 Å². The van der Waals surface area contributed by atoms with E-state index in [-0.39, 0.29) is 6.10 Å². The molecule has 2 aliphatic heterocycles. The summed E-state index contributed by atoms with van der Waals surface area (Å²) in [5, 5.41) is 2.38. The maximum Gasteiger partial charge on any atom is 0.155 e. The zero-order chi connectivity index (χ0) is 14.6. The molecule has 6 nitrogen and oxygen atoms in total. The van der Waals surface area contributed by atoms with Gasteiger partial charge in [0.2, 0.25) is 0 Å². The van der Waals surface area contributed by atoms with Crippen molar-refractivity contribution in [3.05, 3.63) is 4.91 Å². The van der Waals surface area contributed by atoms with Crippen LogP contribution in [0, 0.1) is 4.91 Å². The number of rotatable bonds is 11. The largest absolute Gasteiger partial charge is 0.376 e. The molecule has 0 bridgehead atoms. The van der Waals surface area contributed by atoms with Gasteiger partial charge in [-0.2, -0.15) is 0 Å². The third kappa shape index (κ3) is 11.1. The fourth-order valence-corrected chi connectivity index (χ4v) is 1.64. The highest BCUT2D eigenvalue weighted by Gasteiger charge is 2.26. The summed E-state index contributed by atoms with van der Waals surface area (Å²) < 4.78 is 15.1. The van der Waals surface area contributed by atoms with Gasteiger partial charge in [0, 0.05) is 0 Å². The zero-order valence-corrected chi connectivity index (χ0v) is 12.6. The third-order valence-electron chi connectivity index (χ3n) is 3.10. The highest BCUT2D eigenvalue weighted by atomic mass is 16.7. The maximum atomic E-state index is 9.63. The molecule has 118 valence electrons. The molecule has 0 aromatic carbocycles. The van der Waals surface area contributed by atoms with Crippen molar-refractivity contribution in [2.45, 2.75) is 64.3 Å². The van der Waals surface area contributed by atoms with Crippen LogP contribution in [0.3, 0.4) is 0 Å². The molecule has 2 aliphatic rings. The Hall–Kier alpha value is -0.720. The predicted octanol–water partition coefficient (Wildman–Crippen LogP) is 2.84. The zero-order valence-electron chi connectivity index (χ0n) is 12.6. The Morgan fingerprint density at radius 3 is 2.20 bits per heavy atom. The lowest BCUT2D eigenvalue weighted by molar-refractivity contribution is 0.0607. The first-order valence-corrected chi connectivity index (χ1v) is 7.55. The van der Waals surface area contributed by atoms with Gasteiger partial charge in [0.15, 0.2) is 5.34 Å². The maximum absolute atomic E-state index is 9.63. The van der Waals surface area contributed by atoms with E-state index in [1.165, 1.54) is 19.3 Å². The van der Waals surface area contributed by atoms with Crippen LogP contribution in [-0.2, 0) is 19.0 Å². The van der Waals surface area contributed by atoms with Crippen molar-refractivity contribution in [2.75, 3.05) is 26.4 Å². The molecule has 3 unspecified atom stereocenters. The number of ether oxygens (including phenoxy) is 3. The van der Waals surface area contributed by atoms with Gasteiger partial charge >= 0.3 is 0 Å². The minimum atomic E-state index is -0.00986. The Balaban J connectivity index is 0.000000202. The molecule has 2 heterocycles. The Bertz CT molecular complexity index is 232. The lowest BCUT2D eigenvalue weighted by Crippen LogP contribution is -2.06. The summed E-state index contributed by atoms with van der Waals surface area (Å²) in [5.74, 6) is 0. The fraction of sp³-hybridized carbons (Fsp3) is 1.00. The summed E-state index contributed by atoms with van der Waals surface area (Å²) >= 11 is 0. The summed E-state index contributed by atoms with van der Waals surface area (Å²) in [7, 11) is 0. The van der Waals surface area contributed by atoms with Crippen LogP contribution in [0.5, 0.6) is 0 Å². The van der Waals surface area contributed by atoms with Crippen molar-refractivity contribution in [1.82, 2.24) is 0 Å². The summed E-state index contributed by atoms with van der Waals surface area (Å²) in [6, 6.07) is 0. The lowest BCUT2D eigenvalue weighted by atomic mass is 10.1. The summed E-state index contributed by atoms with van der Waals surface area (Å²) in [6.07, 6.45) is 6.57. The molecule has 0 N–H and O–H groups in total. The molecular formula is C14H27NO5. The van der Waals surface area contributed by atoms with Crippen LogP contribution in [0.1, 0.15) is 46.0 Å². The summed E-state index contributed by atoms with van der Waals surface area (Å²) in [6.45, 7) is 7.30. The molecule has 6 heteroatoms. The van der Waals surface area contributed by atoms with Gasteiger partial charge in [-0.25, -0.2) is 0 Å². The molecule has 0 spiro atoms. The Labute approximate surface area is 121 Å². The van der Waals surface area contributed by atoms with E-state index < -0.39 is 0 Å². The highest BCUT2D eigenvalue weighted by molar-refractivity contribution is 4.71. The molecule has 0 saturated carbocycles. The Kier molecular flexibility index (Phi) is 9.53. The number of nitrogens with zero attached hydrogens (tertiary/aromatic N) is 1. The van der Waals surface area contributed by atoms with Crippen LogP contribution in [0.15, 0.2) is 5.34 Å². The smallest absolute Gasteiger partial charge is 0.155 e. The third-order valence-corrected chi connectivity index (χ3v) is 3.10. The first-order chi connectivity index (χ1) is 9.76. The lowest BCUT2D eigenvalue weighted by Gasteiger charge is -2.05. The molecule has 20 heavy (non-hydrogen) atoms. The molecule has 2 rings (SSSR count). The average Bonchev–Trinajstić information content (AvgIpc) is 3.30. The van der Waals surface area contributed by atoms with Crippen LogP contribution < -0.4 is 0 Å². The molecule has 2 saturated heterocycles. The first kappa shape index (κ1) is 17.3. The molecule has 3 atom stereocenters. The van der Waals surface area contributed by atoms with Crippen molar-refractivity contribution in [3.8, 4) is 0 Å². The monoisotopic (exact) mass is 289 g/mol. The predicted molar refractivity (Wildman–Crippen MR) is 75.4 cm³/mol. The number of hydrogen-bond donors (Lipinski definition) is 0. The normalized spacial score (nSPS) is 24.3. The average molecular weight is 289 g/mol. The van der Waals surface area contributed by atoms with Gasteiger partial charge in [0.25, 0.3) is 0 Å². The number of hydrogen-bond acceptors (Lipinski definition) is 6. The van der Waals surface area contributed by atoms with Crippen LogP contribution in [0.4, 0.5) is 0 Å². The quantitative estimate of drug-likeness (QED) is 0.253. The molecule has 0 aromatic heterocycles. The second-order valence-electron chi connectivity index (χ2n) is 5.29. The molecule has 0 aliphatic carbocycles. The van der Waals surface area contributed by atoms with E-state index in [9.17, 15) is 4.91 Å². The minimum absolute atomic E-state index is 0.00986. The van der Waals surface area contributed by atoms with Crippen molar-refractivity contribution in [3.63, 3.8) is 0 Å². The van der Waals surface area contributed by atoms with Gasteiger partial charge in [-0.3, -0.25) is 0 Å². The van der Waals surface area contributed by atoms with Gasteiger partial charge in [-0.1, -0.05) is 26.2 Å². The van der Waals surface area contributed by atoms with E-state index in [2.05, 4.69) is 17.1 Å². The number of epoxide rings is 2. The SMILES string of the molecule is C(OCC1CO1)C1CO1.CCCCCCC(C)ON=O. The van der Waals surface area contributed by atoms with Gasteiger partial charge in [0.05, 0.1) is 26.4 Å². The van der Waals surface area contributed by atoms with Crippen LogP contribution in [0.2, 0.25) is 0 Å². The summed E-state index contributed by atoms with van der Waals surface area (Å²) in [5.41, 5.74) is 0. The topological polar surface area (TPSA) is 72.9 Å². The Morgan fingerprint density at radius 2 is 1.75 bits per heavy atom. The number of unbranched alkanes of at least 4 members (excludes halogenated alkanes) is 3. The highest BCUT2D eigenvalue weighted by Crippen LogP contribution is 2.12. The van der Waals surface area contributed by atoms with E-state index in [4.69, 9.17) is 14.2 Å². The van der Waals surface area contributed by atoms with E-state index in [0.29, 0.717) is 12.2 Å². The second kappa shape index (κ2) is 11.0. The van der Waals surface area contributed by atoms with E-state index in [1.807, 2.05) is 6.92 Å². The van der Waals surface area contributed by atoms with Crippen LogP contribution in [0.25, 0.3) is 0 Å². The second-order valence-corrected chi connectivity index (χ2v) is 5.29. The summed E-state index contributed by atoms with van der Waals surface area (Å²) in [4.78, 5) is 14.1. The fourth-order valence-electron chi connectivity index (χ4n) is 1.64. The van der Waals surface area contributed by atoms with Gasteiger partial charge < -0.3 is 19.0 Å². The van der Waals surface area contributed by atoms with E-state index >= 15 is 0 Å². The van der Waals surface area contributed by atoms with E-state index in [1.54, 1.807) is 0 Å². The van der Waals surface area contributed by atoms with Crippen molar-refractivity contribution >= 4 is 0 Å². The standard InChI is InChI=1S/C8H17NO2.C6H10O3/c1-3-4-5-6-7-8(2)11-9-10;1(5-3-8-5)7-2-6-4-9-6/h8H,3-7H2,1-2H3;5-6H,1-4H2. The van der Waals surface area contributed by atoms with Gasteiger partial charge in [-0.05, 0) is 19.8 Å². The van der Waals surface area contributed by atoms with Crippen molar-refractivity contribution < 1.29 is 19.0 Å².